The third-order valence-electron chi connectivity index (χ3n) is 11.6. The molecule has 12 heteroatoms. The Bertz CT molecular complexity index is 2080. The van der Waals surface area contributed by atoms with E-state index in [2.05, 4.69) is 36.0 Å². The van der Waals surface area contributed by atoms with Gasteiger partial charge in [0.2, 0.25) is 0 Å². The van der Waals surface area contributed by atoms with Crippen LogP contribution in [0.1, 0.15) is 54.5 Å². The van der Waals surface area contributed by atoms with Crippen molar-refractivity contribution in [1.82, 2.24) is 0 Å². The Morgan fingerprint density at radius 3 is 1.39 bits per heavy atom. The number of benzene rings is 5. The van der Waals surface area contributed by atoms with Gasteiger partial charge in [-0.1, -0.05) is 171 Å². The van der Waals surface area contributed by atoms with E-state index in [0.717, 1.165) is 34.2 Å². The van der Waals surface area contributed by atoms with Crippen molar-refractivity contribution in [3.63, 3.8) is 0 Å². The average molecular weight is 872 g/mol. The minimum atomic E-state index is -0.908. The highest BCUT2D eigenvalue weighted by Crippen LogP contribution is 2.38. The Kier molecular flexibility index (Phi) is 18.7. The largest absolute Gasteiger partial charge is 0.374 e. The first-order valence-corrected chi connectivity index (χ1v) is 22.4. The second kappa shape index (κ2) is 25.5. The lowest BCUT2D eigenvalue weighted by Gasteiger charge is -2.50. The molecule has 0 N–H and O–H groups in total. The average Bonchev–Trinajstić information content (AvgIpc) is 3.34. The monoisotopic (exact) mass is 871 g/mol. The van der Waals surface area contributed by atoms with E-state index in [0.29, 0.717) is 26.2 Å². The highest BCUT2D eigenvalue weighted by Gasteiger charge is 2.53. The molecule has 2 aliphatic heterocycles. The van der Waals surface area contributed by atoms with Gasteiger partial charge in [-0.2, -0.15) is 0 Å². The zero-order valence-electron chi connectivity index (χ0n) is 36.8. The molecule has 0 amide bonds. The number of ether oxygens (including phenoxy) is 9. The van der Waals surface area contributed by atoms with Gasteiger partial charge in [-0.3, -0.25) is 0 Å². The third kappa shape index (κ3) is 13.8. The van der Waals surface area contributed by atoms with Crippen molar-refractivity contribution in [3.05, 3.63) is 190 Å². The van der Waals surface area contributed by atoms with Gasteiger partial charge in [-0.05, 0) is 46.2 Å². The van der Waals surface area contributed by atoms with E-state index in [-0.39, 0.29) is 45.0 Å². The van der Waals surface area contributed by atoms with Crippen LogP contribution in [0.25, 0.3) is 10.4 Å². The van der Waals surface area contributed by atoms with Crippen LogP contribution in [0.3, 0.4) is 0 Å². The second-order valence-corrected chi connectivity index (χ2v) is 16.2. The smallest absolute Gasteiger partial charge is 0.187 e. The maximum Gasteiger partial charge on any atom is 0.187 e. The summed E-state index contributed by atoms with van der Waals surface area (Å²) in [6.07, 6.45) is -4.92. The summed E-state index contributed by atoms with van der Waals surface area (Å²) in [6.45, 7) is 6.51. The molecule has 0 radical (unpaired) electrons. The summed E-state index contributed by atoms with van der Waals surface area (Å²) in [6, 6.07) is 50.2. The van der Waals surface area contributed by atoms with Gasteiger partial charge < -0.3 is 42.6 Å². The molecule has 0 aromatic heterocycles. The van der Waals surface area contributed by atoms with Gasteiger partial charge in [0.15, 0.2) is 12.6 Å². The molecule has 5 aromatic carbocycles. The van der Waals surface area contributed by atoms with Crippen molar-refractivity contribution in [2.45, 2.75) is 115 Å². The van der Waals surface area contributed by atoms with Crippen molar-refractivity contribution >= 4 is 0 Å². The predicted octanol–water partition coefficient (Wildman–Crippen LogP) is 10.1. The van der Waals surface area contributed by atoms with E-state index in [1.807, 2.05) is 140 Å². The van der Waals surface area contributed by atoms with Crippen LogP contribution in [0.5, 0.6) is 0 Å². The maximum absolute atomic E-state index is 8.94. The molecular formula is C52H61N3O9. The Morgan fingerprint density at radius 2 is 0.922 bits per heavy atom. The van der Waals surface area contributed by atoms with Crippen molar-refractivity contribution in [3.8, 4) is 0 Å². The molecule has 0 saturated carbocycles. The molecule has 2 saturated heterocycles. The van der Waals surface area contributed by atoms with Gasteiger partial charge >= 0.3 is 0 Å². The summed E-state index contributed by atoms with van der Waals surface area (Å²) >= 11 is 0. The lowest BCUT2D eigenvalue weighted by atomic mass is 9.88. The van der Waals surface area contributed by atoms with E-state index in [4.69, 9.17) is 48.2 Å². The van der Waals surface area contributed by atoms with Gasteiger partial charge in [0.1, 0.15) is 30.5 Å². The van der Waals surface area contributed by atoms with Crippen LogP contribution in [-0.2, 0) is 75.7 Å². The Morgan fingerprint density at radius 1 is 0.500 bits per heavy atom. The Balaban J connectivity index is 1.25. The van der Waals surface area contributed by atoms with Crippen molar-refractivity contribution in [2.24, 2.45) is 11.0 Å². The molecule has 2 heterocycles. The Hall–Kier alpha value is -4.95. The highest BCUT2D eigenvalue weighted by atomic mass is 16.8. The SMILES string of the molecule is CCC1O[C@@H](O[C@H]2C(OCc3ccccc3)C(OCc3ccccc3)[C@H](OCCCN=[N+]=[N-])O[C@H]2COCc2ccccc2)C(OCc2ccccc2)[C@H](OCc2ccccc2)[C@H]1C. The molecule has 0 bridgehead atoms. The molecule has 64 heavy (non-hydrogen) atoms. The number of rotatable bonds is 24. The fourth-order valence-electron chi connectivity index (χ4n) is 8.18. The van der Waals surface area contributed by atoms with E-state index < -0.39 is 49.2 Å². The summed E-state index contributed by atoms with van der Waals surface area (Å²) in [7, 11) is 0. The second-order valence-electron chi connectivity index (χ2n) is 16.2. The van der Waals surface area contributed by atoms with E-state index in [1.54, 1.807) is 0 Å². The van der Waals surface area contributed by atoms with Crippen molar-refractivity contribution in [2.75, 3.05) is 19.8 Å². The van der Waals surface area contributed by atoms with Crippen LogP contribution in [0.15, 0.2) is 157 Å². The Labute approximate surface area is 377 Å². The first-order valence-electron chi connectivity index (χ1n) is 22.4. The molecule has 10 atom stereocenters. The molecule has 0 spiro atoms. The van der Waals surface area contributed by atoms with E-state index >= 15 is 0 Å². The molecule has 2 aliphatic rings. The van der Waals surface area contributed by atoms with E-state index in [9.17, 15) is 0 Å². The normalized spacial score (nSPS) is 25.7. The van der Waals surface area contributed by atoms with Crippen LogP contribution < -0.4 is 0 Å². The first kappa shape index (κ1) is 47.0. The lowest BCUT2D eigenvalue weighted by molar-refractivity contribution is -0.370. The quantitative estimate of drug-likeness (QED) is 0.0257. The molecule has 2 fully saturated rings. The van der Waals surface area contributed by atoms with Crippen molar-refractivity contribution in [1.29, 1.82) is 0 Å². The van der Waals surface area contributed by atoms with Crippen molar-refractivity contribution < 1.29 is 42.6 Å². The van der Waals surface area contributed by atoms with Crippen LogP contribution in [-0.4, -0.2) is 75.1 Å². The maximum atomic E-state index is 8.94. The van der Waals surface area contributed by atoms with Gasteiger partial charge in [0, 0.05) is 24.0 Å². The van der Waals surface area contributed by atoms with Crippen LogP contribution in [0.2, 0.25) is 0 Å². The minimum absolute atomic E-state index is 0.0304. The van der Waals surface area contributed by atoms with Crippen LogP contribution >= 0.6 is 0 Å². The molecule has 12 nitrogen and oxygen atoms in total. The summed E-state index contributed by atoms with van der Waals surface area (Å²) in [4.78, 5) is 2.91. The third-order valence-corrected chi connectivity index (χ3v) is 11.6. The summed E-state index contributed by atoms with van der Waals surface area (Å²) in [5.41, 5.74) is 14.0. The zero-order chi connectivity index (χ0) is 44.2. The lowest BCUT2D eigenvalue weighted by Crippen LogP contribution is -2.65. The molecule has 0 aliphatic carbocycles. The molecule has 338 valence electrons. The number of hydrogen-bond acceptors (Lipinski definition) is 10. The summed E-state index contributed by atoms with van der Waals surface area (Å²) in [5, 5.41) is 3.71. The summed E-state index contributed by atoms with van der Waals surface area (Å²) in [5.74, 6) is -0.0304. The minimum Gasteiger partial charge on any atom is -0.374 e. The molecular weight excluding hydrogens is 811 g/mol. The zero-order valence-corrected chi connectivity index (χ0v) is 36.8. The predicted molar refractivity (Wildman–Crippen MR) is 242 cm³/mol. The molecule has 7 rings (SSSR count). The fourth-order valence-corrected chi connectivity index (χ4v) is 8.18. The molecule has 5 aromatic rings. The van der Waals surface area contributed by atoms with E-state index in [1.165, 1.54) is 0 Å². The van der Waals surface area contributed by atoms with Gasteiger partial charge in [-0.25, -0.2) is 0 Å². The standard InChI is InChI=1S/C52H61N3O9/c1-3-44-38(2)46(58-33-40-22-11-5-12-23-40)49(60-35-42-26-15-7-16-27-42)52(62-44)64-47-45(37-56-32-39-20-9-4-10-21-39)63-51(57-31-19-30-54-55-53)50(61-36-43-28-17-8-18-29-43)48(47)59-34-41-24-13-6-14-25-41/h4-18,20-29,38,44-52H,3,19,30-37H2,1-2H3/t38-,44?,45-,46+,47+,48?,49?,50?,51+,52-/m0/s1. The number of hydrogen-bond donors (Lipinski definition) is 0. The first-order chi connectivity index (χ1) is 31.6. The topological polar surface area (TPSA) is 132 Å². The highest BCUT2D eigenvalue weighted by molar-refractivity contribution is 5.17. The molecule has 4 unspecified atom stereocenters. The van der Waals surface area contributed by atoms with Crippen LogP contribution in [0.4, 0.5) is 0 Å². The number of nitrogens with zero attached hydrogens (tertiary/aromatic N) is 3. The van der Waals surface area contributed by atoms with Gasteiger partial charge in [0.25, 0.3) is 0 Å². The summed E-state index contributed by atoms with van der Waals surface area (Å²) < 4.78 is 61.8. The van der Waals surface area contributed by atoms with Gasteiger partial charge in [-0.15, -0.1) is 0 Å². The van der Waals surface area contributed by atoms with Gasteiger partial charge in [0.05, 0.1) is 51.8 Å². The van der Waals surface area contributed by atoms with Crippen LogP contribution in [0, 0.1) is 5.92 Å². The fraction of sp³-hybridized carbons (Fsp3) is 0.423. The number of azide groups is 1.